The van der Waals surface area contributed by atoms with E-state index in [4.69, 9.17) is 0 Å². The number of fused-ring (bicyclic) bond motifs is 1. The van der Waals surface area contributed by atoms with E-state index in [0.717, 1.165) is 0 Å². The lowest BCUT2D eigenvalue weighted by Gasteiger charge is -2.34. The summed E-state index contributed by atoms with van der Waals surface area (Å²) in [4.78, 5) is 0. The average molecular weight is 308 g/mol. The smallest absolute Gasteiger partial charge is 0.0710 e. The minimum Gasteiger partial charge on any atom is -0.0987 e. The van der Waals surface area contributed by atoms with Crippen LogP contribution in [-0.4, -0.2) is 0 Å². The minimum absolute atomic E-state index is 0.287. The van der Waals surface area contributed by atoms with Crippen LogP contribution in [-0.2, 0) is 5.41 Å². The van der Waals surface area contributed by atoms with E-state index in [1.54, 1.807) is 0 Å². The second-order valence-electron chi connectivity index (χ2n) is 6.27. The van der Waals surface area contributed by atoms with Crippen LogP contribution < -0.4 is 0 Å². The van der Waals surface area contributed by atoms with Gasteiger partial charge in [-0.1, -0.05) is 97.6 Å². The Morgan fingerprint density at radius 2 is 1.21 bits per heavy atom. The first kappa shape index (κ1) is 14.7. The lowest BCUT2D eigenvalue weighted by atomic mass is 9.67. The molecular formula is C24H20. The van der Waals surface area contributed by atoms with Crippen molar-refractivity contribution in [3.63, 3.8) is 0 Å². The number of benzene rings is 3. The van der Waals surface area contributed by atoms with Crippen LogP contribution in [0, 0.1) is 0 Å². The first-order chi connectivity index (χ1) is 11.8. The number of hydrogen-bond donors (Lipinski definition) is 0. The molecule has 0 spiro atoms. The molecule has 0 unspecified atom stereocenters. The van der Waals surface area contributed by atoms with Crippen LogP contribution in [0.5, 0.6) is 0 Å². The molecule has 0 atom stereocenters. The molecular weight excluding hydrogens is 288 g/mol. The van der Waals surface area contributed by atoms with Crippen molar-refractivity contribution in [2.75, 3.05) is 0 Å². The van der Waals surface area contributed by atoms with Crippen LogP contribution in [0.25, 0.3) is 5.57 Å². The van der Waals surface area contributed by atoms with Gasteiger partial charge in [-0.05, 0) is 40.3 Å². The molecule has 0 saturated carbocycles. The molecule has 0 amide bonds. The standard InChI is InChI=1S/C24H20/c1-3-22-18(2)21-16-10-11-17-23(21)24(22,19-12-6-4-7-13-19)20-14-8-5-9-15-20/h3-17H,1H2,2H3. The van der Waals surface area contributed by atoms with E-state index < -0.39 is 0 Å². The van der Waals surface area contributed by atoms with Gasteiger partial charge in [0.1, 0.15) is 0 Å². The summed E-state index contributed by atoms with van der Waals surface area (Å²) >= 11 is 0. The van der Waals surface area contributed by atoms with Gasteiger partial charge in [0, 0.05) is 0 Å². The van der Waals surface area contributed by atoms with E-state index in [-0.39, 0.29) is 5.41 Å². The summed E-state index contributed by atoms with van der Waals surface area (Å²) in [7, 11) is 0. The van der Waals surface area contributed by atoms with Crippen molar-refractivity contribution in [2.45, 2.75) is 12.3 Å². The molecule has 0 N–H and O–H groups in total. The fraction of sp³-hybridized carbons (Fsp3) is 0.0833. The molecule has 4 rings (SSSR count). The molecule has 24 heavy (non-hydrogen) atoms. The minimum atomic E-state index is -0.287. The summed E-state index contributed by atoms with van der Waals surface area (Å²) in [6, 6.07) is 30.3. The summed E-state index contributed by atoms with van der Waals surface area (Å²) in [6.07, 6.45) is 2.04. The molecule has 1 aliphatic rings. The third-order valence-electron chi connectivity index (χ3n) is 5.16. The maximum atomic E-state index is 4.16. The van der Waals surface area contributed by atoms with Crippen LogP contribution in [0.4, 0.5) is 0 Å². The Bertz CT molecular complexity index is 875. The molecule has 0 radical (unpaired) electrons. The number of allylic oxidation sites excluding steroid dienone is 3. The van der Waals surface area contributed by atoms with Gasteiger partial charge in [0.05, 0.1) is 5.41 Å². The fourth-order valence-corrected chi connectivity index (χ4v) is 4.18. The van der Waals surface area contributed by atoms with E-state index in [1.807, 2.05) is 6.08 Å². The average Bonchev–Trinajstić information content (AvgIpc) is 2.92. The van der Waals surface area contributed by atoms with Crippen molar-refractivity contribution in [3.05, 3.63) is 125 Å². The van der Waals surface area contributed by atoms with Crippen LogP contribution >= 0.6 is 0 Å². The van der Waals surface area contributed by atoms with Crippen molar-refractivity contribution >= 4 is 5.57 Å². The van der Waals surface area contributed by atoms with Gasteiger partial charge in [-0.2, -0.15) is 0 Å². The Hall–Kier alpha value is -2.86. The van der Waals surface area contributed by atoms with Gasteiger partial charge < -0.3 is 0 Å². The maximum Gasteiger partial charge on any atom is 0.0710 e. The Labute approximate surface area is 143 Å². The molecule has 0 heterocycles. The predicted octanol–water partition coefficient (Wildman–Crippen LogP) is 5.99. The van der Waals surface area contributed by atoms with E-state index in [2.05, 4.69) is 98.4 Å². The van der Waals surface area contributed by atoms with Crippen molar-refractivity contribution in [2.24, 2.45) is 0 Å². The molecule has 0 bridgehead atoms. The summed E-state index contributed by atoms with van der Waals surface area (Å²) in [6.45, 7) is 6.38. The summed E-state index contributed by atoms with van der Waals surface area (Å²) in [5.74, 6) is 0. The molecule has 3 aromatic rings. The first-order valence-corrected chi connectivity index (χ1v) is 8.35. The Morgan fingerprint density at radius 1 is 0.708 bits per heavy atom. The molecule has 0 aromatic heterocycles. The Balaban J connectivity index is 2.17. The monoisotopic (exact) mass is 308 g/mol. The number of rotatable bonds is 3. The Morgan fingerprint density at radius 3 is 1.75 bits per heavy atom. The SMILES string of the molecule is C=CC1=C(C)c2ccccc2C1(c1ccccc1)c1ccccc1. The second-order valence-corrected chi connectivity index (χ2v) is 6.27. The van der Waals surface area contributed by atoms with Crippen molar-refractivity contribution < 1.29 is 0 Å². The van der Waals surface area contributed by atoms with Crippen LogP contribution in [0.15, 0.2) is 103 Å². The molecule has 1 aliphatic carbocycles. The van der Waals surface area contributed by atoms with E-state index in [1.165, 1.54) is 33.4 Å². The van der Waals surface area contributed by atoms with Gasteiger partial charge in [-0.25, -0.2) is 0 Å². The predicted molar refractivity (Wildman–Crippen MR) is 102 cm³/mol. The lowest BCUT2D eigenvalue weighted by molar-refractivity contribution is 0.761. The fourth-order valence-electron chi connectivity index (χ4n) is 4.18. The zero-order valence-corrected chi connectivity index (χ0v) is 13.9. The topological polar surface area (TPSA) is 0 Å². The van der Waals surface area contributed by atoms with E-state index in [9.17, 15) is 0 Å². The highest BCUT2D eigenvalue weighted by Gasteiger charge is 2.45. The molecule has 3 aromatic carbocycles. The van der Waals surface area contributed by atoms with Gasteiger partial charge >= 0.3 is 0 Å². The molecule has 0 aliphatic heterocycles. The first-order valence-electron chi connectivity index (χ1n) is 8.35. The zero-order chi connectivity index (χ0) is 16.6. The molecule has 0 fully saturated rings. The Kier molecular flexibility index (Phi) is 3.46. The lowest BCUT2D eigenvalue weighted by Crippen LogP contribution is -2.29. The highest BCUT2D eigenvalue weighted by atomic mass is 14.5. The summed E-state index contributed by atoms with van der Waals surface area (Å²) < 4.78 is 0. The van der Waals surface area contributed by atoms with Crippen molar-refractivity contribution in [3.8, 4) is 0 Å². The normalized spacial score (nSPS) is 15.2. The quantitative estimate of drug-likeness (QED) is 0.557. The largest absolute Gasteiger partial charge is 0.0987 e. The third kappa shape index (κ3) is 1.86. The van der Waals surface area contributed by atoms with Gasteiger partial charge in [0.2, 0.25) is 0 Å². The van der Waals surface area contributed by atoms with Gasteiger partial charge in [0.25, 0.3) is 0 Å². The van der Waals surface area contributed by atoms with Crippen LogP contribution in [0.3, 0.4) is 0 Å². The van der Waals surface area contributed by atoms with Gasteiger partial charge in [-0.15, -0.1) is 0 Å². The van der Waals surface area contributed by atoms with E-state index in [0.29, 0.717) is 0 Å². The summed E-state index contributed by atoms with van der Waals surface area (Å²) in [5, 5.41) is 0. The molecule has 0 saturated heterocycles. The van der Waals surface area contributed by atoms with Crippen LogP contribution in [0.1, 0.15) is 29.2 Å². The molecule has 0 nitrogen and oxygen atoms in total. The summed E-state index contributed by atoms with van der Waals surface area (Å²) in [5.41, 5.74) is 7.54. The van der Waals surface area contributed by atoms with Crippen molar-refractivity contribution in [1.29, 1.82) is 0 Å². The zero-order valence-electron chi connectivity index (χ0n) is 13.9. The van der Waals surface area contributed by atoms with Crippen molar-refractivity contribution in [1.82, 2.24) is 0 Å². The van der Waals surface area contributed by atoms with Gasteiger partial charge in [-0.3, -0.25) is 0 Å². The molecule has 116 valence electrons. The maximum absolute atomic E-state index is 4.16. The van der Waals surface area contributed by atoms with Gasteiger partial charge in [0.15, 0.2) is 0 Å². The second kappa shape index (κ2) is 5.65. The van der Waals surface area contributed by atoms with E-state index >= 15 is 0 Å². The number of hydrogen-bond acceptors (Lipinski definition) is 0. The highest BCUT2D eigenvalue weighted by molar-refractivity contribution is 5.86. The highest BCUT2D eigenvalue weighted by Crippen LogP contribution is 2.54. The van der Waals surface area contributed by atoms with Crippen LogP contribution in [0.2, 0.25) is 0 Å². The third-order valence-corrected chi connectivity index (χ3v) is 5.16. The molecule has 0 heteroatoms.